The SMILES string of the molecule is COc1ccc(C(NC(=O)C(Cc2cccc(Cl)c2)NC(=O)c2ccc(OCC(=O)O)cc2)C(=O)N[C@H](C(=O)C(F)(F)F)C(C)C)cc1. The topological polar surface area (TPSA) is 160 Å². The Hall–Kier alpha value is -5.11. The van der Waals surface area contributed by atoms with Gasteiger partial charge in [0.1, 0.15) is 23.6 Å². The molecule has 0 aliphatic carbocycles. The second kappa shape index (κ2) is 16.6. The predicted octanol–water partition coefficient (Wildman–Crippen LogP) is 4.28. The van der Waals surface area contributed by atoms with Gasteiger partial charge < -0.3 is 30.5 Å². The van der Waals surface area contributed by atoms with Crippen LogP contribution in [0.1, 0.15) is 41.4 Å². The van der Waals surface area contributed by atoms with E-state index in [1.165, 1.54) is 69.5 Å². The van der Waals surface area contributed by atoms with E-state index >= 15 is 0 Å². The minimum atomic E-state index is -5.23. The Kier molecular flexibility index (Phi) is 12.9. The van der Waals surface area contributed by atoms with Crippen LogP contribution in [0.25, 0.3) is 0 Å². The molecular weight excluding hydrogens is 659 g/mol. The highest BCUT2D eigenvalue weighted by molar-refractivity contribution is 6.30. The Balaban J connectivity index is 1.94. The third-order valence-corrected chi connectivity index (χ3v) is 7.19. The lowest BCUT2D eigenvalue weighted by molar-refractivity contribution is -0.175. The summed E-state index contributed by atoms with van der Waals surface area (Å²) >= 11 is 6.12. The summed E-state index contributed by atoms with van der Waals surface area (Å²) < 4.78 is 50.3. The average molecular weight is 692 g/mol. The molecule has 256 valence electrons. The van der Waals surface area contributed by atoms with Crippen LogP contribution in [0.3, 0.4) is 0 Å². The molecule has 4 N–H and O–H groups in total. The van der Waals surface area contributed by atoms with Crippen molar-refractivity contribution < 1.29 is 51.7 Å². The largest absolute Gasteiger partial charge is 0.497 e. The maximum atomic E-state index is 13.8. The van der Waals surface area contributed by atoms with Crippen LogP contribution in [-0.4, -0.2) is 66.6 Å². The quantitative estimate of drug-likeness (QED) is 0.184. The van der Waals surface area contributed by atoms with Crippen LogP contribution in [0, 0.1) is 5.92 Å². The number of methoxy groups -OCH3 is 1. The van der Waals surface area contributed by atoms with E-state index in [4.69, 9.17) is 26.2 Å². The first-order valence-corrected chi connectivity index (χ1v) is 14.8. The second-order valence-electron chi connectivity index (χ2n) is 10.9. The molecule has 15 heteroatoms. The summed E-state index contributed by atoms with van der Waals surface area (Å²) in [5.74, 6) is -6.44. The summed E-state index contributed by atoms with van der Waals surface area (Å²) in [5, 5.41) is 16.4. The molecule has 0 spiro atoms. The molecule has 3 amide bonds. The lowest BCUT2D eigenvalue weighted by Crippen LogP contribution is -2.55. The van der Waals surface area contributed by atoms with E-state index < -0.39 is 66.3 Å². The number of hydrogen-bond donors (Lipinski definition) is 4. The van der Waals surface area contributed by atoms with Crippen molar-refractivity contribution in [3.05, 3.63) is 94.5 Å². The number of amides is 3. The number of carboxylic acids is 1. The van der Waals surface area contributed by atoms with E-state index in [9.17, 15) is 37.1 Å². The molecule has 11 nitrogen and oxygen atoms in total. The highest BCUT2D eigenvalue weighted by Gasteiger charge is 2.45. The van der Waals surface area contributed by atoms with E-state index in [1.807, 2.05) is 0 Å². The maximum absolute atomic E-state index is 13.8. The molecule has 0 heterocycles. The van der Waals surface area contributed by atoms with Crippen molar-refractivity contribution in [1.29, 1.82) is 0 Å². The molecule has 3 atom stereocenters. The number of aliphatic carboxylic acids is 1. The number of carbonyl (C=O) groups excluding carboxylic acids is 4. The highest BCUT2D eigenvalue weighted by atomic mass is 35.5. The Bertz CT molecular complexity index is 1620. The number of ketones is 1. The Morgan fingerprint density at radius 1 is 0.854 bits per heavy atom. The molecule has 0 fully saturated rings. The van der Waals surface area contributed by atoms with Gasteiger partial charge in [0.25, 0.3) is 11.7 Å². The molecule has 0 aliphatic heterocycles. The van der Waals surface area contributed by atoms with Crippen molar-refractivity contribution in [2.45, 2.75) is 44.6 Å². The summed E-state index contributed by atoms with van der Waals surface area (Å²) in [6, 6.07) is 12.7. The number of carboxylic acid groups (broad SMARTS) is 1. The van der Waals surface area contributed by atoms with Crippen LogP contribution < -0.4 is 25.4 Å². The van der Waals surface area contributed by atoms with E-state index in [1.54, 1.807) is 24.3 Å². The third kappa shape index (κ3) is 10.7. The molecule has 0 aliphatic rings. The van der Waals surface area contributed by atoms with Crippen LogP contribution in [0.2, 0.25) is 5.02 Å². The number of hydrogen-bond acceptors (Lipinski definition) is 7. The number of ether oxygens (including phenoxy) is 2. The van der Waals surface area contributed by atoms with Gasteiger partial charge in [-0.05, 0) is 65.6 Å². The van der Waals surface area contributed by atoms with Crippen molar-refractivity contribution >= 4 is 41.1 Å². The van der Waals surface area contributed by atoms with E-state index in [0.29, 0.717) is 16.3 Å². The van der Waals surface area contributed by atoms with Crippen molar-refractivity contribution in [2.75, 3.05) is 13.7 Å². The molecule has 3 rings (SSSR count). The smallest absolute Gasteiger partial charge is 0.452 e. The molecule has 2 unspecified atom stereocenters. The third-order valence-electron chi connectivity index (χ3n) is 6.95. The molecule has 0 radical (unpaired) electrons. The summed E-state index contributed by atoms with van der Waals surface area (Å²) in [4.78, 5) is 63.6. The number of alkyl halides is 3. The number of halogens is 4. The fraction of sp³-hybridized carbons (Fsp3) is 0.303. The fourth-order valence-electron chi connectivity index (χ4n) is 4.49. The molecule has 3 aromatic carbocycles. The normalized spacial score (nSPS) is 13.1. The van der Waals surface area contributed by atoms with Crippen molar-refractivity contribution in [3.63, 3.8) is 0 Å². The van der Waals surface area contributed by atoms with E-state index in [-0.39, 0.29) is 23.3 Å². The lowest BCUT2D eigenvalue weighted by Gasteiger charge is -2.27. The molecule has 3 aromatic rings. The van der Waals surface area contributed by atoms with Crippen LogP contribution >= 0.6 is 11.6 Å². The van der Waals surface area contributed by atoms with Gasteiger partial charge in [-0.3, -0.25) is 19.2 Å². The lowest BCUT2D eigenvalue weighted by atomic mass is 9.97. The predicted molar refractivity (Wildman–Crippen MR) is 168 cm³/mol. The van der Waals surface area contributed by atoms with Gasteiger partial charge in [-0.15, -0.1) is 0 Å². The average Bonchev–Trinajstić information content (AvgIpc) is 3.04. The molecule has 48 heavy (non-hydrogen) atoms. The van der Waals surface area contributed by atoms with Gasteiger partial charge in [-0.25, -0.2) is 4.79 Å². The zero-order valence-corrected chi connectivity index (χ0v) is 26.7. The number of rotatable bonds is 15. The first-order valence-electron chi connectivity index (χ1n) is 14.4. The Labute approximate surface area is 278 Å². The van der Waals surface area contributed by atoms with E-state index in [0.717, 1.165) is 0 Å². The zero-order chi connectivity index (χ0) is 35.6. The first kappa shape index (κ1) is 37.3. The van der Waals surface area contributed by atoms with Crippen LogP contribution in [0.4, 0.5) is 13.2 Å². The highest BCUT2D eigenvalue weighted by Crippen LogP contribution is 2.24. The minimum absolute atomic E-state index is 0.0801. The minimum Gasteiger partial charge on any atom is -0.497 e. The fourth-order valence-corrected chi connectivity index (χ4v) is 4.70. The monoisotopic (exact) mass is 691 g/mol. The van der Waals surface area contributed by atoms with Gasteiger partial charge in [0, 0.05) is 17.0 Å². The summed E-state index contributed by atoms with van der Waals surface area (Å²) in [6.45, 7) is 2.06. The van der Waals surface area contributed by atoms with Crippen molar-refractivity contribution in [3.8, 4) is 11.5 Å². The number of carbonyl (C=O) groups is 5. The number of benzene rings is 3. The molecule has 0 aromatic heterocycles. The molecule has 0 saturated heterocycles. The maximum Gasteiger partial charge on any atom is 0.452 e. The summed E-state index contributed by atoms with van der Waals surface area (Å²) in [7, 11) is 1.40. The number of nitrogens with one attached hydrogen (secondary N) is 3. The Morgan fingerprint density at radius 3 is 2.02 bits per heavy atom. The van der Waals surface area contributed by atoms with Crippen LogP contribution in [0.5, 0.6) is 11.5 Å². The van der Waals surface area contributed by atoms with E-state index in [2.05, 4.69) is 16.0 Å². The number of Topliss-reactive ketones (excluding diaryl/α,β-unsaturated/α-hetero) is 1. The van der Waals surface area contributed by atoms with Gasteiger partial charge in [-0.1, -0.05) is 49.7 Å². The second-order valence-corrected chi connectivity index (χ2v) is 11.3. The standard InChI is InChI=1S/C33H33ClF3N3O8/c1-18(2)27(29(43)33(35,36)37)39-32(46)28(20-7-11-23(47-3)12-8-20)40-31(45)25(16-19-5-4-6-22(34)15-19)38-30(44)21-9-13-24(14-10-21)48-17-26(41)42/h4-15,18,25,27-28H,16-17H2,1-3H3,(H,38,44)(H,39,46)(H,40,45)(H,41,42)/t25?,27-,28?/m0/s1. The Morgan fingerprint density at radius 2 is 1.48 bits per heavy atom. The van der Waals surface area contributed by atoms with Crippen molar-refractivity contribution in [1.82, 2.24) is 16.0 Å². The first-order chi connectivity index (χ1) is 22.6. The van der Waals surface area contributed by atoms with Gasteiger partial charge in [0.05, 0.1) is 13.2 Å². The van der Waals surface area contributed by atoms with Gasteiger partial charge in [-0.2, -0.15) is 13.2 Å². The van der Waals surface area contributed by atoms with Gasteiger partial charge in [0.2, 0.25) is 11.8 Å². The summed E-state index contributed by atoms with van der Waals surface area (Å²) in [6.07, 6.45) is -5.34. The van der Waals surface area contributed by atoms with Gasteiger partial charge >= 0.3 is 12.1 Å². The summed E-state index contributed by atoms with van der Waals surface area (Å²) in [5.41, 5.74) is 0.756. The van der Waals surface area contributed by atoms with Crippen LogP contribution in [0.15, 0.2) is 72.8 Å². The van der Waals surface area contributed by atoms with Crippen LogP contribution in [-0.2, 0) is 25.6 Å². The zero-order valence-electron chi connectivity index (χ0n) is 26.0. The van der Waals surface area contributed by atoms with Crippen molar-refractivity contribution in [2.24, 2.45) is 5.92 Å². The molecule has 0 bridgehead atoms. The molecule has 0 saturated carbocycles. The van der Waals surface area contributed by atoms with Gasteiger partial charge in [0.15, 0.2) is 6.61 Å². The molecular formula is C33H33ClF3N3O8.